The van der Waals surface area contributed by atoms with Gasteiger partial charge in [-0.05, 0) is 26.0 Å². The topological polar surface area (TPSA) is 52.6 Å². The Morgan fingerprint density at radius 2 is 2.00 bits per heavy atom. The zero-order valence-corrected chi connectivity index (χ0v) is 12.4. The van der Waals surface area contributed by atoms with E-state index in [1.54, 1.807) is 6.92 Å². The molecule has 0 radical (unpaired) electrons. The van der Waals surface area contributed by atoms with Crippen LogP contribution in [0.15, 0.2) is 18.2 Å². The van der Waals surface area contributed by atoms with Gasteiger partial charge in [0.05, 0.1) is 12.2 Å². The lowest BCUT2D eigenvalue weighted by Crippen LogP contribution is -2.11. The highest BCUT2D eigenvalue weighted by Gasteiger charge is 2.21. The second-order valence-corrected chi connectivity index (χ2v) is 4.74. The molecule has 0 amide bonds. The predicted octanol–water partition coefficient (Wildman–Crippen LogP) is 3.49. The van der Waals surface area contributed by atoms with Crippen LogP contribution >= 0.6 is 15.9 Å². The third-order valence-electron chi connectivity index (χ3n) is 2.37. The maximum atomic E-state index is 12.4. The molecule has 1 unspecified atom stereocenters. The summed E-state index contributed by atoms with van der Waals surface area (Å²) < 4.78 is 34.0. The summed E-state index contributed by atoms with van der Waals surface area (Å²) in [5.41, 5.74) is 0.306. The molecule has 1 aromatic rings. The number of esters is 1. The minimum absolute atomic E-state index is 0.0782. The number of halogens is 3. The number of carbonyl (C=O) groups excluding carboxylic acids is 2. The van der Waals surface area contributed by atoms with Gasteiger partial charge in [-0.3, -0.25) is 4.79 Å². The number of Topliss-reactive ketones (excluding diaryl/α,β-unsaturated/α-hetero) is 1. The van der Waals surface area contributed by atoms with Gasteiger partial charge in [0.1, 0.15) is 16.4 Å². The van der Waals surface area contributed by atoms with E-state index in [4.69, 9.17) is 4.74 Å². The van der Waals surface area contributed by atoms with Crippen molar-refractivity contribution in [3.8, 4) is 5.75 Å². The fourth-order valence-electron chi connectivity index (χ4n) is 1.50. The Kier molecular flexibility index (Phi) is 6.06. The SMILES string of the molecule is CCOC(=O)c1ccc(C(Br)C(C)=O)c(OC(F)F)c1. The van der Waals surface area contributed by atoms with Crippen LogP contribution in [0.5, 0.6) is 5.75 Å². The van der Waals surface area contributed by atoms with E-state index in [-0.39, 0.29) is 29.3 Å². The van der Waals surface area contributed by atoms with E-state index < -0.39 is 17.4 Å². The van der Waals surface area contributed by atoms with Gasteiger partial charge < -0.3 is 9.47 Å². The van der Waals surface area contributed by atoms with Crippen molar-refractivity contribution in [3.63, 3.8) is 0 Å². The van der Waals surface area contributed by atoms with Crippen molar-refractivity contribution >= 4 is 27.7 Å². The fourth-order valence-corrected chi connectivity index (χ4v) is 1.88. The van der Waals surface area contributed by atoms with E-state index in [0.29, 0.717) is 0 Å². The number of benzene rings is 1. The molecule has 1 atom stereocenters. The number of hydrogen-bond acceptors (Lipinski definition) is 4. The van der Waals surface area contributed by atoms with Crippen LogP contribution in [0.25, 0.3) is 0 Å². The maximum Gasteiger partial charge on any atom is 0.387 e. The van der Waals surface area contributed by atoms with Crippen LogP contribution in [0, 0.1) is 0 Å². The molecule has 0 saturated carbocycles. The van der Waals surface area contributed by atoms with Gasteiger partial charge in [-0.15, -0.1) is 0 Å². The molecule has 0 aliphatic heterocycles. The molecule has 7 heteroatoms. The molecule has 110 valence electrons. The third-order valence-corrected chi connectivity index (χ3v) is 3.51. The number of rotatable bonds is 6. The Balaban J connectivity index is 3.19. The number of hydrogen-bond donors (Lipinski definition) is 0. The van der Waals surface area contributed by atoms with Crippen molar-refractivity contribution in [2.75, 3.05) is 6.61 Å². The molecule has 0 aliphatic carbocycles. The summed E-state index contributed by atoms with van der Waals surface area (Å²) in [4.78, 5) is 22.1. The van der Waals surface area contributed by atoms with Crippen LogP contribution in [0.3, 0.4) is 0 Å². The van der Waals surface area contributed by atoms with Crippen molar-refractivity contribution in [1.82, 2.24) is 0 Å². The third kappa shape index (κ3) is 4.26. The highest BCUT2D eigenvalue weighted by molar-refractivity contribution is 9.09. The number of alkyl halides is 3. The first-order valence-electron chi connectivity index (χ1n) is 5.77. The zero-order chi connectivity index (χ0) is 15.3. The van der Waals surface area contributed by atoms with Crippen LogP contribution in [-0.2, 0) is 9.53 Å². The Morgan fingerprint density at radius 1 is 1.35 bits per heavy atom. The van der Waals surface area contributed by atoms with Gasteiger partial charge in [0.15, 0.2) is 0 Å². The molecule has 0 heterocycles. The molecule has 0 spiro atoms. The van der Waals surface area contributed by atoms with Gasteiger partial charge in [0.2, 0.25) is 0 Å². The maximum absolute atomic E-state index is 12.4. The van der Waals surface area contributed by atoms with Crippen LogP contribution < -0.4 is 4.74 Å². The molecular weight excluding hydrogens is 338 g/mol. The molecule has 4 nitrogen and oxygen atoms in total. The normalized spacial score (nSPS) is 12.1. The molecule has 0 N–H and O–H groups in total. The summed E-state index contributed by atoms with van der Waals surface area (Å²) in [6.07, 6.45) is 0. The summed E-state index contributed by atoms with van der Waals surface area (Å²) in [6.45, 7) is 0.0517. The smallest absolute Gasteiger partial charge is 0.387 e. The largest absolute Gasteiger partial charge is 0.462 e. The Hall–Kier alpha value is -1.50. The van der Waals surface area contributed by atoms with E-state index in [2.05, 4.69) is 20.7 Å². The number of ketones is 1. The van der Waals surface area contributed by atoms with Gasteiger partial charge in [-0.2, -0.15) is 8.78 Å². The van der Waals surface area contributed by atoms with Gasteiger partial charge in [0, 0.05) is 5.56 Å². The summed E-state index contributed by atoms with van der Waals surface area (Å²) >= 11 is 3.09. The van der Waals surface area contributed by atoms with Crippen molar-refractivity contribution in [2.24, 2.45) is 0 Å². The molecule has 0 aromatic heterocycles. The molecule has 1 aromatic carbocycles. The van der Waals surface area contributed by atoms with Crippen LogP contribution in [0.1, 0.15) is 34.6 Å². The molecule has 0 fully saturated rings. The van der Waals surface area contributed by atoms with Crippen molar-refractivity contribution in [1.29, 1.82) is 0 Å². The summed E-state index contributed by atoms with van der Waals surface area (Å²) in [7, 11) is 0. The predicted molar refractivity (Wildman–Crippen MR) is 71.4 cm³/mol. The van der Waals surface area contributed by atoms with Gasteiger partial charge in [-0.1, -0.05) is 22.0 Å². The van der Waals surface area contributed by atoms with E-state index >= 15 is 0 Å². The minimum Gasteiger partial charge on any atom is -0.462 e. The molecule has 0 bridgehead atoms. The van der Waals surface area contributed by atoms with E-state index in [0.717, 1.165) is 6.07 Å². The van der Waals surface area contributed by atoms with Gasteiger partial charge in [-0.25, -0.2) is 4.79 Å². The Bertz CT molecular complexity index is 505. The van der Waals surface area contributed by atoms with Crippen LogP contribution in [0.4, 0.5) is 8.78 Å². The fraction of sp³-hybridized carbons (Fsp3) is 0.385. The second-order valence-electron chi connectivity index (χ2n) is 3.82. The molecule has 0 saturated heterocycles. The van der Waals surface area contributed by atoms with E-state index in [9.17, 15) is 18.4 Å². The highest BCUT2D eigenvalue weighted by Crippen LogP contribution is 2.33. The van der Waals surface area contributed by atoms with Crippen LogP contribution in [-0.4, -0.2) is 25.0 Å². The first-order valence-corrected chi connectivity index (χ1v) is 6.68. The summed E-state index contributed by atoms with van der Waals surface area (Å²) in [5, 5.41) is 0. The number of carbonyl (C=O) groups is 2. The monoisotopic (exact) mass is 350 g/mol. The molecule has 0 aliphatic rings. The van der Waals surface area contributed by atoms with Gasteiger partial charge >= 0.3 is 12.6 Å². The number of ether oxygens (including phenoxy) is 2. The van der Waals surface area contributed by atoms with Crippen LogP contribution in [0.2, 0.25) is 0 Å². The molecule has 1 rings (SSSR count). The highest BCUT2D eigenvalue weighted by atomic mass is 79.9. The van der Waals surface area contributed by atoms with Crippen molar-refractivity contribution in [3.05, 3.63) is 29.3 Å². The molecule has 20 heavy (non-hydrogen) atoms. The standard InChI is InChI=1S/C13H13BrF2O4/c1-3-19-12(18)8-4-5-9(11(14)7(2)17)10(6-8)20-13(15)16/h4-6,11,13H,3H2,1-2H3. The van der Waals surface area contributed by atoms with Crippen molar-refractivity contribution in [2.45, 2.75) is 25.3 Å². The lowest BCUT2D eigenvalue weighted by molar-refractivity contribution is -0.116. The molecular formula is C13H13BrF2O4. The second kappa shape index (κ2) is 7.33. The first kappa shape index (κ1) is 16.6. The summed E-state index contributed by atoms with van der Waals surface area (Å²) in [5.74, 6) is -1.15. The average Bonchev–Trinajstić information content (AvgIpc) is 2.37. The van der Waals surface area contributed by atoms with Crippen molar-refractivity contribution < 1.29 is 27.8 Å². The zero-order valence-electron chi connectivity index (χ0n) is 10.9. The Morgan fingerprint density at radius 3 is 2.50 bits per heavy atom. The lowest BCUT2D eigenvalue weighted by atomic mass is 10.1. The van der Waals surface area contributed by atoms with E-state index in [1.807, 2.05) is 0 Å². The van der Waals surface area contributed by atoms with E-state index in [1.165, 1.54) is 19.1 Å². The van der Waals surface area contributed by atoms with Gasteiger partial charge in [0.25, 0.3) is 0 Å². The average molecular weight is 351 g/mol. The Labute approximate surface area is 123 Å². The quantitative estimate of drug-likeness (QED) is 0.582. The minimum atomic E-state index is -3.06. The first-order chi connectivity index (χ1) is 9.36. The lowest BCUT2D eigenvalue weighted by Gasteiger charge is -2.14. The summed E-state index contributed by atoms with van der Waals surface area (Å²) in [6, 6.07) is 3.91.